The van der Waals surface area contributed by atoms with Gasteiger partial charge in [0.05, 0.1) is 17.1 Å². The Morgan fingerprint density at radius 2 is 1.55 bits per heavy atom. The number of rotatable bonds is 8. The minimum atomic E-state index is -4.63. The van der Waals surface area contributed by atoms with E-state index in [1.807, 2.05) is 67.6 Å². The van der Waals surface area contributed by atoms with Gasteiger partial charge in [0.25, 0.3) is 0 Å². The van der Waals surface area contributed by atoms with Crippen LogP contribution >= 0.6 is 0 Å². The number of hydrogen-bond acceptors (Lipinski definition) is 3. The number of fused-ring (bicyclic) bond motifs is 1. The predicted octanol–water partition coefficient (Wildman–Crippen LogP) is 7.22. The Balaban J connectivity index is 1.54. The van der Waals surface area contributed by atoms with Crippen LogP contribution in [0.5, 0.6) is 0 Å². The van der Waals surface area contributed by atoms with E-state index in [-0.39, 0.29) is 30.9 Å². The second kappa shape index (κ2) is 11.7. The first kappa shape index (κ1) is 27.7. The van der Waals surface area contributed by atoms with E-state index in [1.54, 1.807) is 24.3 Å². The van der Waals surface area contributed by atoms with E-state index in [0.29, 0.717) is 25.0 Å². The summed E-state index contributed by atoms with van der Waals surface area (Å²) in [5.41, 5.74) is 2.88. The maximum Gasteiger partial charge on any atom is 0.449 e. The second-order valence-corrected chi connectivity index (χ2v) is 10.4. The summed E-state index contributed by atoms with van der Waals surface area (Å²) in [5, 5.41) is 10.2. The van der Waals surface area contributed by atoms with Crippen molar-refractivity contribution in [3.63, 3.8) is 0 Å². The summed E-state index contributed by atoms with van der Waals surface area (Å²) in [5.74, 6) is -0.931. The summed E-state index contributed by atoms with van der Waals surface area (Å²) in [6.45, 7) is 3.34. The van der Waals surface area contributed by atoms with Crippen molar-refractivity contribution in [3.8, 4) is 0 Å². The van der Waals surface area contributed by atoms with Crippen molar-refractivity contribution in [2.45, 2.75) is 63.6 Å². The van der Waals surface area contributed by atoms with Gasteiger partial charge in [-0.15, -0.1) is 0 Å². The Hall–Kier alpha value is -3.85. The van der Waals surface area contributed by atoms with Crippen LogP contribution in [-0.4, -0.2) is 49.2 Å². The lowest BCUT2D eigenvalue weighted by molar-refractivity contribution is -0.148. The van der Waals surface area contributed by atoms with E-state index in [9.17, 15) is 23.1 Å². The number of likely N-dealkylation sites (tertiary alicyclic amines) is 1. The average molecular weight is 551 g/mol. The second-order valence-electron chi connectivity index (χ2n) is 10.4. The molecule has 3 aromatic carbocycles. The molecule has 3 unspecified atom stereocenters. The lowest BCUT2D eigenvalue weighted by Gasteiger charge is -2.46. The van der Waals surface area contributed by atoms with Gasteiger partial charge in [-0.25, -0.2) is 9.78 Å². The SMILES string of the molecule is CCC(C1CC(n2c(C(F)(F)F)nc3ccccc32)CCN1C(=O)O)N(Cc1ccccc1)Cc1ccccc1. The number of benzene rings is 3. The Morgan fingerprint density at radius 3 is 2.10 bits per heavy atom. The van der Waals surface area contributed by atoms with Crippen molar-refractivity contribution in [3.05, 3.63) is 102 Å². The molecule has 1 aliphatic heterocycles. The summed E-state index contributed by atoms with van der Waals surface area (Å²) < 4.78 is 43.9. The van der Waals surface area contributed by atoms with Crippen LogP contribution in [-0.2, 0) is 19.3 Å². The van der Waals surface area contributed by atoms with Crippen LogP contribution < -0.4 is 0 Å². The maximum atomic E-state index is 14.2. The predicted molar refractivity (Wildman–Crippen MR) is 148 cm³/mol. The van der Waals surface area contributed by atoms with Gasteiger partial charge in [0.2, 0.25) is 5.82 Å². The van der Waals surface area contributed by atoms with Crippen molar-refractivity contribution in [1.29, 1.82) is 0 Å². The minimum absolute atomic E-state index is 0.148. The number of hydrogen-bond donors (Lipinski definition) is 1. The van der Waals surface area contributed by atoms with Crippen LogP contribution in [0.2, 0.25) is 0 Å². The van der Waals surface area contributed by atoms with E-state index in [1.165, 1.54) is 9.47 Å². The van der Waals surface area contributed by atoms with Crippen LogP contribution in [0.4, 0.5) is 18.0 Å². The molecule has 40 heavy (non-hydrogen) atoms. The van der Waals surface area contributed by atoms with Crippen molar-refractivity contribution in [1.82, 2.24) is 19.4 Å². The Kier molecular flexibility index (Phi) is 8.12. The number of halogens is 3. The fraction of sp³-hybridized carbons (Fsp3) is 0.355. The molecule has 3 atom stereocenters. The van der Waals surface area contributed by atoms with E-state index in [4.69, 9.17) is 0 Å². The molecule has 0 saturated carbocycles. The highest BCUT2D eigenvalue weighted by atomic mass is 19.4. The summed E-state index contributed by atoms with van der Waals surface area (Å²) in [7, 11) is 0. The van der Waals surface area contributed by atoms with Gasteiger partial charge in [0.1, 0.15) is 0 Å². The molecule has 210 valence electrons. The zero-order valence-electron chi connectivity index (χ0n) is 22.3. The summed E-state index contributed by atoms with van der Waals surface area (Å²) >= 11 is 0. The lowest BCUT2D eigenvalue weighted by Crippen LogP contribution is -2.56. The molecule has 2 heterocycles. The third kappa shape index (κ3) is 5.84. The normalized spacial score (nSPS) is 18.8. The van der Waals surface area contributed by atoms with Crippen LogP contribution in [0.1, 0.15) is 49.2 Å². The average Bonchev–Trinajstić information content (AvgIpc) is 3.35. The number of nitrogens with zero attached hydrogens (tertiary/aromatic N) is 4. The summed E-state index contributed by atoms with van der Waals surface area (Å²) in [6.07, 6.45) is -4.51. The standard InChI is InChI=1S/C31H33F3N4O2/c1-2-26(36(20-22-11-5-3-6-12-22)21-23-13-7-4-8-14-23)28-19-24(17-18-37(28)30(39)40)38-27-16-10-9-15-25(27)35-29(38)31(32,33)34/h3-16,24,26,28H,2,17-21H2,1H3,(H,39,40). The van der Waals surface area contributed by atoms with Gasteiger partial charge in [-0.2, -0.15) is 13.2 Å². The van der Waals surface area contributed by atoms with E-state index >= 15 is 0 Å². The quantitative estimate of drug-likeness (QED) is 0.252. The van der Waals surface area contributed by atoms with E-state index < -0.39 is 30.2 Å². The maximum absolute atomic E-state index is 14.2. The number of aromatic nitrogens is 2. The van der Waals surface area contributed by atoms with Crippen LogP contribution in [0.3, 0.4) is 0 Å². The van der Waals surface area contributed by atoms with Gasteiger partial charge >= 0.3 is 12.3 Å². The smallest absolute Gasteiger partial charge is 0.449 e. The monoisotopic (exact) mass is 550 g/mol. The van der Waals surface area contributed by atoms with E-state index in [0.717, 1.165) is 11.1 Å². The van der Waals surface area contributed by atoms with Gasteiger partial charge in [-0.1, -0.05) is 79.7 Å². The largest absolute Gasteiger partial charge is 0.465 e. The molecule has 9 heteroatoms. The zero-order valence-corrected chi connectivity index (χ0v) is 22.3. The lowest BCUT2D eigenvalue weighted by atomic mass is 9.89. The number of piperidine rings is 1. The molecule has 0 bridgehead atoms. The first-order valence-electron chi connectivity index (χ1n) is 13.6. The molecular formula is C31H33F3N4O2. The number of alkyl halides is 3. The molecule has 1 amide bonds. The molecule has 1 saturated heterocycles. The van der Waals surface area contributed by atoms with Crippen LogP contribution in [0, 0.1) is 0 Å². The molecule has 1 aliphatic rings. The number of imidazole rings is 1. The third-order valence-corrected chi connectivity index (χ3v) is 7.87. The van der Waals surface area contributed by atoms with Gasteiger partial charge < -0.3 is 14.6 Å². The number of carbonyl (C=O) groups is 1. The third-order valence-electron chi connectivity index (χ3n) is 7.87. The zero-order chi connectivity index (χ0) is 28.3. The molecule has 0 aliphatic carbocycles. The molecule has 0 spiro atoms. The molecule has 4 aromatic rings. The molecule has 0 radical (unpaired) electrons. The molecule has 6 nitrogen and oxygen atoms in total. The van der Waals surface area contributed by atoms with Gasteiger partial charge in [-0.05, 0) is 42.5 Å². The fourth-order valence-corrected chi connectivity index (χ4v) is 6.13. The Morgan fingerprint density at radius 1 is 0.975 bits per heavy atom. The minimum Gasteiger partial charge on any atom is -0.465 e. The number of amides is 1. The summed E-state index contributed by atoms with van der Waals surface area (Å²) in [4.78, 5) is 20.1. The highest BCUT2D eigenvalue weighted by Gasteiger charge is 2.43. The topological polar surface area (TPSA) is 61.6 Å². The molecule has 1 fully saturated rings. The number of carboxylic acid groups (broad SMARTS) is 1. The van der Waals surface area contributed by atoms with Gasteiger partial charge in [-0.3, -0.25) is 4.90 Å². The number of para-hydroxylation sites is 2. The Labute approximate surface area is 231 Å². The van der Waals surface area contributed by atoms with E-state index in [2.05, 4.69) is 9.88 Å². The highest BCUT2D eigenvalue weighted by molar-refractivity contribution is 5.76. The van der Waals surface area contributed by atoms with Crippen molar-refractivity contribution in [2.75, 3.05) is 6.54 Å². The first-order chi connectivity index (χ1) is 19.3. The van der Waals surface area contributed by atoms with Crippen molar-refractivity contribution in [2.24, 2.45) is 0 Å². The molecule has 1 N–H and O–H groups in total. The summed E-state index contributed by atoms with van der Waals surface area (Å²) in [6, 6.07) is 25.3. The van der Waals surface area contributed by atoms with Crippen LogP contribution in [0.15, 0.2) is 84.9 Å². The van der Waals surface area contributed by atoms with Crippen LogP contribution in [0.25, 0.3) is 11.0 Å². The Bertz CT molecular complexity index is 1380. The fourth-order valence-electron chi connectivity index (χ4n) is 6.13. The van der Waals surface area contributed by atoms with Crippen molar-refractivity contribution >= 4 is 17.1 Å². The van der Waals surface area contributed by atoms with Gasteiger partial charge in [0, 0.05) is 31.7 Å². The molecule has 5 rings (SSSR count). The van der Waals surface area contributed by atoms with Crippen molar-refractivity contribution < 1.29 is 23.1 Å². The highest BCUT2D eigenvalue weighted by Crippen LogP contribution is 2.39. The van der Waals surface area contributed by atoms with Gasteiger partial charge in [0.15, 0.2) is 0 Å². The molecular weight excluding hydrogens is 517 g/mol. The first-order valence-corrected chi connectivity index (χ1v) is 13.6. The molecule has 1 aromatic heterocycles.